The van der Waals surface area contributed by atoms with Crippen molar-refractivity contribution < 1.29 is 4.79 Å². The molecule has 0 saturated carbocycles. The summed E-state index contributed by atoms with van der Waals surface area (Å²) < 4.78 is 0. The number of rotatable bonds is 4. The van der Waals surface area contributed by atoms with Gasteiger partial charge < -0.3 is 9.88 Å². The van der Waals surface area contributed by atoms with Crippen LogP contribution in [0.1, 0.15) is 21.7 Å². The molecule has 94 valence electrons. The average molecular weight is 264 g/mol. The predicted octanol–water partition coefficient (Wildman–Crippen LogP) is 2.42. The maximum atomic E-state index is 12.2. The maximum Gasteiger partial charge on any atom is 0.254 e. The zero-order chi connectivity index (χ0) is 13.0. The van der Waals surface area contributed by atoms with E-state index < -0.39 is 0 Å². The largest absolute Gasteiger partial charge is 0.347 e. The fraction of sp³-hybridized carbons (Fsp3) is 0.231. The third-order valence-electron chi connectivity index (χ3n) is 2.62. The molecule has 0 aliphatic carbocycles. The summed E-state index contributed by atoms with van der Waals surface area (Å²) in [5.41, 5.74) is 1.58. The van der Waals surface area contributed by atoms with Gasteiger partial charge in [-0.2, -0.15) is 0 Å². The van der Waals surface area contributed by atoms with Crippen LogP contribution in [0.25, 0.3) is 0 Å². The molecule has 0 bridgehead atoms. The second-order valence-corrected chi connectivity index (χ2v) is 4.30. The molecule has 0 spiro atoms. The van der Waals surface area contributed by atoms with Gasteiger partial charge in [-0.3, -0.25) is 4.79 Å². The van der Waals surface area contributed by atoms with E-state index in [1.165, 1.54) is 0 Å². The molecule has 0 aliphatic heterocycles. The van der Waals surface area contributed by atoms with Crippen LogP contribution in [0, 0.1) is 0 Å². The molecule has 1 aromatic heterocycles. The highest BCUT2D eigenvalue weighted by Gasteiger charge is 2.13. The first-order chi connectivity index (χ1) is 8.70. The first-order valence-electron chi connectivity index (χ1n) is 5.59. The first kappa shape index (κ1) is 12.6. The van der Waals surface area contributed by atoms with E-state index in [1.54, 1.807) is 30.4 Å². The minimum atomic E-state index is -0.0432. The van der Waals surface area contributed by atoms with Gasteiger partial charge in [0.15, 0.2) is 0 Å². The van der Waals surface area contributed by atoms with E-state index in [4.69, 9.17) is 11.6 Å². The van der Waals surface area contributed by atoms with Crippen LogP contribution in [0.4, 0.5) is 0 Å². The van der Waals surface area contributed by atoms with E-state index in [0.29, 0.717) is 18.0 Å². The molecule has 1 heterocycles. The van der Waals surface area contributed by atoms with E-state index in [0.717, 1.165) is 11.4 Å². The number of amides is 1. The van der Waals surface area contributed by atoms with E-state index in [1.807, 2.05) is 18.2 Å². The fourth-order valence-corrected chi connectivity index (χ4v) is 1.86. The molecular formula is C13H14ClN3O. The van der Waals surface area contributed by atoms with Crippen LogP contribution in [0.3, 0.4) is 0 Å². The smallest absolute Gasteiger partial charge is 0.254 e. The highest BCUT2D eigenvalue weighted by atomic mass is 35.5. The molecule has 5 heteroatoms. The lowest BCUT2D eigenvalue weighted by Crippen LogP contribution is -2.26. The molecule has 0 unspecified atom stereocenters. The molecular weight excluding hydrogens is 250 g/mol. The fourth-order valence-electron chi connectivity index (χ4n) is 1.69. The van der Waals surface area contributed by atoms with Crippen molar-refractivity contribution in [2.24, 2.45) is 0 Å². The molecule has 4 nitrogen and oxygen atoms in total. The molecule has 1 amide bonds. The van der Waals surface area contributed by atoms with Crippen molar-refractivity contribution in [3.05, 3.63) is 53.6 Å². The summed E-state index contributed by atoms with van der Waals surface area (Å²) in [6.45, 7) is 0.455. The van der Waals surface area contributed by atoms with Crippen LogP contribution in [0.15, 0.2) is 36.7 Å². The standard InChI is InChI=1S/C13H14ClN3O/c1-17(9-12-15-5-6-16-12)13(18)11-4-2-3-10(7-11)8-14/h2-7H,8-9H2,1H3,(H,15,16). The number of carbonyl (C=O) groups excluding carboxylic acids is 1. The van der Waals surface area contributed by atoms with Gasteiger partial charge in [-0.15, -0.1) is 11.6 Å². The third kappa shape index (κ3) is 2.90. The third-order valence-corrected chi connectivity index (χ3v) is 2.93. The molecule has 2 aromatic rings. The molecule has 0 atom stereocenters. The van der Waals surface area contributed by atoms with Crippen LogP contribution in [0.5, 0.6) is 0 Å². The van der Waals surface area contributed by atoms with E-state index in [2.05, 4.69) is 9.97 Å². The monoisotopic (exact) mass is 263 g/mol. The molecule has 0 aliphatic rings. The number of H-pyrrole nitrogens is 1. The Morgan fingerprint density at radius 1 is 1.50 bits per heavy atom. The van der Waals surface area contributed by atoms with Crippen molar-refractivity contribution in [1.82, 2.24) is 14.9 Å². The summed E-state index contributed by atoms with van der Waals surface area (Å²) in [6, 6.07) is 7.34. The average Bonchev–Trinajstić information content (AvgIpc) is 2.90. The number of imidazole rings is 1. The zero-order valence-electron chi connectivity index (χ0n) is 10.1. The lowest BCUT2D eigenvalue weighted by Gasteiger charge is -2.16. The summed E-state index contributed by atoms with van der Waals surface area (Å²) in [5.74, 6) is 1.13. The summed E-state index contributed by atoms with van der Waals surface area (Å²) in [6.07, 6.45) is 3.41. The van der Waals surface area contributed by atoms with E-state index >= 15 is 0 Å². The van der Waals surface area contributed by atoms with E-state index in [9.17, 15) is 4.79 Å². The lowest BCUT2D eigenvalue weighted by molar-refractivity contribution is 0.0782. The van der Waals surface area contributed by atoms with Crippen molar-refractivity contribution in [3.8, 4) is 0 Å². The van der Waals surface area contributed by atoms with Crippen molar-refractivity contribution >= 4 is 17.5 Å². The second-order valence-electron chi connectivity index (χ2n) is 4.03. The molecule has 1 N–H and O–H groups in total. The normalized spacial score (nSPS) is 10.3. The summed E-state index contributed by atoms with van der Waals surface area (Å²) in [4.78, 5) is 20.9. The molecule has 2 rings (SSSR count). The highest BCUT2D eigenvalue weighted by molar-refractivity contribution is 6.17. The maximum absolute atomic E-state index is 12.2. The van der Waals surface area contributed by atoms with Crippen LogP contribution in [-0.2, 0) is 12.4 Å². The number of benzene rings is 1. The highest BCUT2D eigenvalue weighted by Crippen LogP contribution is 2.10. The number of aromatic nitrogens is 2. The Labute approximate surface area is 111 Å². The molecule has 0 radical (unpaired) electrons. The van der Waals surface area contributed by atoms with Gasteiger partial charge in [0.05, 0.1) is 6.54 Å². The van der Waals surface area contributed by atoms with Gasteiger partial charge in [0.1, 0.15) is 5.82 Å². The number of halogens is 1. The zero-order valence-corrected chi connectivity index (χ0v) is 10.8. The van der Waals surface area contributed by atoms with Crippen LogP contribution in [0.2, 0.25) is 0 Å². The Morgan fingerprint density at radius 2 is 2.33 bits per heavy atom. The number of hydrogen-bond acceptors (Lipinski definition) is 2. The van der Waals surface area contributed by atoms with Gasteiger partial charge in [0.25, 0.3) is 5.91 Å². The Bertz CT molecular complexity index is 525. The number of nitrogens with one attached hydrogen (secondary N) is 1. The van der Waals surface area contributed by atoms with Crippen molar-refractivity contribution in [2.75, 3.05) is 7.05 Å². The minimum absolute atomic E-state index is 0.0432. The Hall–Kier alpha value is -1.81. The Balaban J connectivity index is 2.10. The topological polar surface area (TPSA) is 49.0 Å². The molecule has 18 heavy (non-hydrogen) atoms. The SMILES string of the molecule is CN(Cc1ncc[nH]1)C(=O)c1cccc(CCl)c1. The van der Waals surface area contributed by atoms with Gasteiger partial charge in [0.2, 0.25) is 0 Å². The Kier molecular flexibility index (Phi) is 3.99. The summed E-state index contributed by atoms with van der Waals surface area (Å²) >= 11 is 5.76. The molecule has 0 saturated heterocycles. The lowest BCUT2D eigenvalue weighted by atomic mass is 10.1. The van der Waals surface area contributed by atoms with Crippen LogP contribution < -0.4 is 0 Å². The van der Waals surface area contributed by atoms with Crippen LogP contribution >= 0.6 is 11.6 Å². The quantitative estimate of drug-likeness (QED) is 0.862. The number of hydrogen-bond donors (Lipinski definition) is 1. The van der Waals surface area contributed by atoms with Gasteiger partial charge in [0, 0.05) is 30.9 Å². The summed E-state index contributed by atoms with van der Waals surface area (Å²) in [7, 11) is 1.75. The van der Waals surface area contributed by atoms with Gasteiger partial charge >= 0.3 is 0 Å². The Morgan fingerprint density at radius 3 is 3.00 bits per heavy atom. The number of alkyl halides is 1. The van der Waals surface area contributed by atoms with Crippen molar-refractivity contribution in [1.29, 1.82) is 0 Å². The first-order valence-corrected chi connectivity index (χ1v) is 6.13. The van der Waals surface area contributed by atoms with Crippen molar-refractivity contribution in [3.63, 3.8) is 0 Å². The number of carbonyl (C=O) groups is 1. The van der Waals surface area contributed by atoms with Crippen molar-refractivity contribution in [2.45, 2.75) is 12.4 Å². The van der Waals surface area contributed by atoms with E-state index in [-0.39, 0.29) is 5.91 Å². The minimum Gasteiger partial charge on any atom is -0.347 e. The summed E-state index contributed by atoms with van der Waals surface area (Å²) in [5, 5.41) is 0. The van der Waals surface area contributed by atoms with Crippen LogP contribution in [-0.4, -0.2) is 27.8 Å². The second kappa shape index (κ2) is 5.69. The van der Waals surface area contributed by atoms with Gasteiger partial charge in [-0.1, -0.05) is 12.1 Å². The number of nitrogens with zero attached hydrogens (tertiary/aromatic N) is 2. The number of aromatic amines is 1. The predicted molar refractivity (Wildman–Crippen MR) is 70.4 cm³/mol. The van der Waals surface area contributed by atoms with Gasteiger partial charge in [-0.25, -0.2) is 4.98 Å². The molecule has 0 fully saturated rings. The molecule has 1 aromatic carbocycles. The van der Waals surface area contributed by atoms with Gasteiger partial charge in [-0.05, 0) is 17.7 Å².